The molecule has 6 nitrogen and oxygen atoms in total. The van der Waals surface area contributed by atoms with Gasteiger partial charge in [-0.15, -0.1) is 0 Å². The van der Waals surface area contributed by atoms with E-state index in [1.54, 1.807) is 0 Å². The molecule has 1 aromatic carbocycles. The standard InChI is InChI=1S/C15H13FO6/c1-19-12-4-3-9(7-11(12)16)14(17)22-8-10-5-6-21-13(10)15(18)20-2/h3-7H,8H2,1-2H3. The number of hydrogen-bond acceptors (Lipinski definition) is 6. The van der Waals surface area contributed by atoms with Gasteiger partial charge in [-0.25, -0.2) is 14.0 Å². The van der Waals surface area contributed by atoms with Crippen LogP contribution in [0.2, 0.25) is 0 Å². The van der Waals surface area contributed by atoms with Gasteiger partial charge in [0.15, 0.2) is 11.6 Å². The first-order valence-corrected chi connectivity index (χ1v) is 6.22. The maximum atomic E-state index is 13.5. The van der Waals surface area contributed by atoms with E-state index in [-0.39, 0.29) is 23.7 Å². The van der Waals surface area contributed by atoms with Gasteiger partial charge in [-0.05, 0) is 24.3 Å². The number of benzene rings is 1. The lowest BCUT2D eigenvalue weighted by Gasteiger charge is -2.06. The van der Waals surface area contributed by atoms with Crippen LogP contribution in [0.15, 0.2) is 34.9 Å². The van der Waals surface area contributed by atoms with Crippen LogP contribution in [-0.2, 0) is 16.1 Å². The number of carbonyl (C=O) groups is 2. The van der Waals surface area contributed by atoms with Gasteiger partial charge in [0, 0.05) is 5.56 Å². The molecule has 0 fully saturated rings. The van der Waals surface area contributed by atoms with Gasteiger partial charge in [0.1, 0.15) is 6.61 Å². The zero-order valence-corrected chi connectivity index (χ0v) is 11.9. The molecule has 1 aromatic heterocycles. The van der Waals surface area contributed by atoms with E-state index in [0.717, 1.165) is 6.07 Å². The summed E-state index contributed by atoms with van der Waals surface area (Å²) in [4.78, 5) is 23.3. The number of furan rings is 1. The molecule has 0 aliphatic rings. The van der Waals surface area contributed by atoms with Crippen molar-refractivity contribution in [2.45, 2.75) is 6.61 Å². The van der Waals surface area contributed by atoms with E-state index in [9.17, 15) is 14.0 Å². The second-order valence-electron chi connectivity index (χ2n) is 4.19. The smallest absolute Gasteiger partial charge is 0.374 e. The average molecular weight is 308 g/mol. The topological polar surface area (TPSA) is 75.0 Å². The molecule has 0 bridgehead atoms. The number of hydrogen-bond donors (Lipinski definition) is 0. The van der Waals surface area contributed by atoms with Crippen LogP contribution in [0.4, 0.5) is 4.39 Å². The number of carbonyl (C=O) groups excluding carboxylic acids is 2. The van der Waals surface area contributed by atoms with Gasteiger partial charge in [0.2, 0.25) is 5.76 Å². The molecule has 0 radical (unpaired) electrons. The number of ether oxygens (including phenoxy) is 3. The Morgan fingerprint density at radius 3 is 2.59 bits per heavy atom. The summed E-state index contributed by atoms with van der Waals surface area (Å²) < 4.78 is 32.8. The first-order chi connectivity index (χ1) is 10.6. The Hall–Kier alpha value is -2.83. The van der Waals surface area contributed by atoms with Crippen molar-refractivity contribution < 1.29 is 32.6 Å². The molecule has 116 valence electrons. The lowest BCUT2D eigenvalue weighted by Crippen LogP contribution is -2.09. The molecule has 0 atom stereocenters. The van der Waals surface area contributed by atoms with Gasteiger partial charge in [-0.2, -0.15) is 0 Å². The zero-order chi connectivity index (χ0) is 16.1. The fourth-order valence-electron chi connectivity index (χ4n) is 1.74. The minimum Gasteiger partial charge on any atom is -0.494 e. The average Bonchev–Trinajstić information content (AvgIpc) is 3.00. The number of halogens is 1. The van der Waals surface area contributed by atoms with Crippen molar-refractivity contribution in [1.29, 1.82) is 0 Å². The largest absolute Gasteiger partial charge is 0.494 e. The normalized spacial score (nSPS) is 10.1. The van der Waals surface area contributed by atoms with Crippen LogP contribution in [-0.4, -0.2) is 26.2 Å². The van der Waals surface area contributed by atoms with Gasteiger partial charge in [-0.1, -0.05) is 0 Å². The van der Waals surface area contributed by atoms with Crippen molar-refractivity contribution in [3.05, 3.63) is 53.2 Å². The Balaban J connectivity index is 2.06. The van der Waals surface area contributed by atoms with Crippen LogP contribution in [0.1, 0.15) is 26.5 Å². The van der Waals surface area contributed by atoms with E-state index in [1.165, 1.54) is 38.7 Å². The van der Waals surface area contributed by atoms with E-state index < -0.39 is 17.8 Å². The Bertz CT molecular complexity index is 691. The van der Waals surface area contributed by atoms with Gasteiger partial charge >= 0.3 is 11.9 Å². The summed E-state index contributed by atoms with van der Waals surface area (Å²) in [5.41, 5.74) is 0.385. The van der Waals surface area contributed by atoms with Crippen LogP contribution in [0.3, 0.4) is 0 Å². The molecule has 0 saturated carbocycles. The summed E-state index contributed by atoms with van der Waals surface area (Å²) in [6, 6.07) is 5.19. The molecule has 2 aromatic rings. The summed E-state index contributed by atoms with van der Waals surface area (Å²) in [7, 11) is 2.53. The maximum Gasteiger partial charge on any atom is 0.374 e. The van der Waals surface area contributed by atoms with Crippen molar-refractivity contribution in [3.8, 4) is 5.75 Å². The summed E-state index contributed by atoms with van der Waals surface area (Å²) in [6.07, 6.45) is 1.28. The van der Waals surface area contributed by atoms with Crippen molar-refractivity contribution >= 4 is 11.9 Å². The highest BCUT2D eigenvalue weighted by atomic mass is 19.1. The second kappa shape index (κ2) is 6.75. The minimum absolute atomic E-state index is 0.0272. The molecule has 0 aliphatic carbocycles. The SMILES string of the molecule is COC(=O)c1occc1COC(=O)c1ccc(OC)c(F)c1. The van der Waals surface area contributed by atoms with Crippen LogP contribution in [0, 0.1) is 5.82 Å². The predicted molar refractivity (Wildman–Crippen MR) is 72.1 cm³/mol. The van der Waals surface area contributed by atoms with E-state index in [1.807, 2.05) is 0 Å². The second-order valence-corrected chi connectivity index (χ2v) is 4.19. The molecule has 0 amide bonds. The third kappa shape index (κ3) is 3.25. The number of methoxy groups -OCH3 is 2. The Morgan fingerprint density at radius 2 is 1.95 bits per heavy atom. The van der Waals surface area contributed by atoms with Crippen molar-refractivity contribution in [3.63, 3.8) is 0 Å². The quantitative estimate of drug-likeness (QED) is 0.790. The first-order valence-electron chi connectivity index (χ1n) is 6.22. The third-order valence-corrected chi connectivity index (χ3v) is 2.86. The van der Waals surface area contributed by atoms with Gasteiger partial charge in [0.25, 0.3) is 0 Å². The van der Waals surface area contributed by atoms with Gasteiger partial charge in [0.05, 0.1) is 26.0 Å². The first kappa shape index (κ1) is 15.6. The molecule has 7 heteroatoms. The molecule has 0 saturated heterocycles. The highest BCUT2D eigenvalue weighted by molar-refractivity contribution is 5.90. The van der Waals surface area contributed by atoms with E-state index >= 15 is 0 Å². The Morgan fingerprint density at radius 1 is 1.18 bits per heavy atom. The molecular weight excluding hydrogens is 295 g/mol. The molecule has 0 unspecified atom stereocenters. The molecule has 0 N–H and O–H groups in total. The third-order valence-electron chi connectivity index (χ3n) is 2.86. The lowest BCUT2D eigenvalue weighted by molar-refractivity contribution is 0.0453. The maximum absolute atomic E-state index is 13.5. The van der Waals surface area contributed by atoms with Crippen LogP contribution in [0.25, 0.3) is 0 Å². The zero-order valence-electron chi connectivity index (χ0n) is 11.9. The number of rotatable bonds is 5. The molecule has 0 spiro atoms. The van der Waals surface area contributed by atoms with E-state index in [4.69, 9.17) is 13.9 Å². The number of esters is 2. The fourth-order valence-corrected chi connectivity index (χ4v) is 1.74. The lowest BCUT2D eigenvalue weighted by atomic mass is 10.2. The van der Waals surface area contributed by atoms with Crippen molar-refractivity contribution in [1.82, 2.24) is 0 Å². The fraction of sp³-hybridized carbons (Fsp3) is 0.200. The molecule has 2 rings (SSSR count). The summed E-state index contributed by atoms with van der Waals surface area (Å²) in [5, 5.41) is 0. The Kier molecular flexibility index (Phi) is 4.77. The van der Waals surface area contributed by atoms with Crippen LogP contribution >= 0.6 is 0 Å². The summed E-state index contributed by atoms with van der Waals surface area (Å²) in [5.74, 6) is -2.10. The Labute approximate surface area is 125 Å². The van der Waals surface area contributed by atoms with Crippen LogP contribution < -0.4 is 4.74 Å². The molecule has 0 aliphatic heterocycles. The minimum atomic E-state index is -0.737. The van der Waals surface area contributed by atoms with Crippen molar-refractivity contribution in [2.24, 2.45) is 0 Å². The molecule has 1 heterocycles. The van der Waals surface area contributed by atoms with Crippen molar-refractivity contribution in [2.75, 3.05) is 14.2 Å². The monoisotopic (exact) mass is 308 g/mol. The summed E-state index contributed by atoms with van der Waals surface area (Å²) >= 11 is 0. The summed E-state index contributed by atoms with van der Waals surface area (Å²) in [6.45, 7) is -0.201. The van der Waals surface area contributed by atoms with Crippen LogP contribution in [0.5, 0.6) is 5.75 Å². The molecular formula is C15H13FO6. The van der Waals surface area contributed by atoms with E-state index in [0.29, 0.717) is 5.56 Å². The predicted octanol–water partition coefficient (Wildman–Crippen LogP) is 2.57. The van der Waals surface area contributed by atoms with E-state index in [2.05, 4.69) is 4.74 Å². The highest BCUT2D eigenvalue weighted by Gasteiger charge is 2.18. The van der Waals surface area contributed by atoms with Gasteiger partial charge in [-0.3, -0.25) is 0 Å². The van der Waals surface area contributed by atoms with Gasteiger partial charge < -0.3 is 18.6 Å². The highest BCUT2D eigenvalue weighted by Crippen LogP contribution is 2.19. The molecule has 22 heavy (non-hydrogen) atoms.